The number of rotatable bonds is 7. The summed E-state index contributed by atoms with van der Waals surface area (Å²) < 4.78 is 41.5. The van der Waals surface area contributed by atoms with Gasteiger partial charge in [-0.15, -0.1) is 0 Å². The smallest absolute Gasteiger partial charge is 0.329 e. The predicted molar refractivity (Wildman–Crippen MR) is 174 cm³/mol. The molecule has 0 radical (unpaired) electrons. The van der Waals surface area contributed by atoms with Crippen LogP contribution in [0.15, 0.2) is 72.8 Å². The summed E-state index contributed by atoms with van der Waals surface area (Å²) in [5, 5.41) is 0.898. The van der Waals surface area contributed by atoms with Crippen LogP contribution in [0.1, 0.15) is 67.8 Å². The zero-order chi connectivity index (χ0) is 32.4. The molecule has 1 aromatic heterocycles. The van der Waals surface area contributed by atoms with Crippen LogP contribution in [0.2, 0.25) is 0 Å². The van der Waals surface area contributed by atoms with Gasteiger partial charge in [0.15, 0.2) is 0 Å². The van der Waals surface area contributed by atoms with Crippen LogP contribution in [0, 0.1) is 24.5 Å². The Morgan fingerprint density at radius 3 is 2.30 bits per heavy atom. The van der Waals surface area contributed by atoms with Gasteiger partial charge in [0, 0.05) is 23.7 Å². The Kier molecular flexibility index (Phi) is 9.27. The number of halogens is 2. The lowest BCUT2D eigenvalue weighted by molar-refractivity contribution is -0.150. The summed E-state index contributed by atoms with van der Waals surface area (Å²) >= 11 is 0. The molecule has 3 aromatic carbocycles. The molecular weight excluding hydrogens is 586 g/mol. The second-order valence-electron chi connectivity index (χ2n) is 13.1. The standard InChI is InChI=1S/C38H42F2N2O4/c1-25-23-38(36(43)45-3,29-11-13-30(39)14-12-29)19-20-41(25)37(44)42-26(2)34(33-18-15-31(40)22-35(33)42)21-27-9-16-32(17-10-27)46-24-28-7-5-4-6-8-28/h4-8,11-15,18,22,25,27,32H,9-10,16-17,19-21,23-24H2,1-3H3/t25-,27?,32?,38-/m0/s1. The van der Waals surface area contributed by atoms with Gasteiger partial charge < -0.3 is 14.4 Å². The lowest BCUT2D eigenvalue weighted by Crippen LogP contribution is -2.54. The van der Waals surface area contributed by atoms with Crippen molar-refractivity contribution in [1.29, 1.82) is 0 Å². The number of piperidine rings is 1. The first-order valence-electron chi connectivity index (χ1n) is 16.3. The van der Waals surface area contributed by atoms with Crippen molar-refractivity contribution in [2.24, 2.45) is 5.92 Å². The molecule has 0 spiro atoms. The maximum atomic E-state index is 14.7. The molecule has 2 atom stereocenters. The fraction of sp³-hybridized carbons (Fsp3) is 0.421. The van der Waals surface area contributed by atoms with Crippen LogP contribution in [-0.4, -0.2) is 47.3 Å². The van der Waals surface area contributed by atoms with E-state index in [-0.39, 0.29) is 24.0 Å². The lowest BCUT2D eigenvalue weighted by atomic mass is 9.70. The Labute approximate surface area is 269 Å². The van der Waals surface area contributed by atoms with Gasteiger partial charge in [0.2, 0.25) is 0 Å². The van der Waals surface area contributed by atoms with Gasteiger partial charge in [-0.05, 0) is 112 Å². The number of carbonyl (C=O) groups excluding carboxylic acids is 2. The van der Waals surface area contributed by atoms with Gasteiger partial charge in [0.25, 0.3) is 0 Å². The zero-order valence-corrected chi connectivity index (χ0v) is 26.8. The summed E-state index contributed by atoms with van der Waals surface area (Å²) in [6.45, 7) is 4.78. The van der Waals surface area contributed by atoms with Crippen molar-refractivity contribution in [3.63, 3.8) is 0 Å². The van der Waals surface area contributed by atoms with Crippen molar-refractivity contribution in [2.75, 3.05) is 13.7 Å². The number of esters is 1. The molecule has 46 heavy (non-hydrogen) atoms. The van der Waals surface area contributed by atoms with E-state index >= 15 is 0 Å². The van der Waals surface area contributed by atoms with Crippen molar-refractivity contribution in [3.05, 3.63) is 107 Å². The molecule has 0 N–H and O–H groups in total. The van der Waals surface area contributed by atoms with Crippen LogP contribution in [-0.2, 0) is 32.7 Å². The van der Waals surface area contributed by atoms with Crippen LogP contribution in [0.4, 0.5) is 13.6 Å². The molecule has 4 aromatic rings. The molecule has 6 nitrogen and oxygen atoms in total. The minimum absolute atomic E-state index is 0.234. The SMILES string of the molecule is COC(=O)[C@@]1(c2ccc(F)cc2)CCN(C(=O)n2c(C)c(CC3CCC(OCc4ccccc4)CC3)c3ccc(F)cc32)[C@@H](C)C1. The van der Waals surface area contributed by atoms with E-state index in [9.17, 15) is 18.4 Å². The number of likely N-dealkylation sites (tertiary alicyclic amines) is 1. The Hall–Kier alpha value is -4.04. The van der Waals surface area contributed by atoms with Crippen molar-refractivity contribution in [2.45, 2.75) is 83.0 Å². The monoisotopic (exact) mass is 628 g/mol. The normalized spacial score (nSPS) is 23.4. The number of hydrogen-bond donors (Lipinski definition) is 0. The Morgan fingerprint density at radius 2 is 1.63 bits per heavy atom. The van der Waals surface area contributed by atoms with E-state index in [1.807, 2.05) is 32.0 Å². The number of fused-ring (bicyclic) bond motifs is 1. The van der Waals surface area contributed by atoms with E-state index < -0.39 is 17.2 Å². The van der Waals surface area contributed by atoms with Gasteiger partial charge in [0.05, 0.1) is 30.8 Å². The zero-order valence-electron chi connectivity index (χ0n) is 26.8. The van der Waals surface area contributed by atoms with E-state index in [2.05, 4.69) is 12.1 Å². The van der Waals surface area contributed by atoms with E-state index in [1.54, 1.807) is 27.7 Å². The molecule has 0 unspecified atom stereocenters. The first kappa shape index (κ1) is 31.9. The summed E-state index contributed by atoms with van der Waals surface area (Å²) in [5.41, 5.74) is 3.33. The second-order valence-corrected chi connectivity index (χ2v) is 13.1. The van der Waals surface area contributed by atoms with Gasteiger partial charge in [-0.25, -0.2) is 13.6 Å². The molecule has 8 heteroatoms. The number of hydrogen-bond acceptors (Lipinski definition) is 4. The molecule has 2 fully saturated rings. The Morgan fingerprint density at radius 1 is 0.935 bits per heavy atom. The molecule has 0 bridgehead atoms. The molecule has 242 valence electrons. The van der Waals surface area contributed by atoms with Crippen LogP contribution >= 0.6 is 0 Å². The largest absolute Gasteiger partial charge is 0.468 e. The molecule has 1 aliphatic carbocycles. The van der Waals surface area contributed by atoms with Gasteiger partial charge in [-0.1, -0.05) is 42.5 Å². The summed E-state index contributed by atoms with van der Waals surface area (Å²) in [6, 6.07) is 20.3. The average molecular weight is 629 g/mol. The fourth-order valence-electron chi connectivity index (χ4n) is 7.73. The van der Waals surface area contributed by atoms with E-state index in [0.29, 0.717) is 43.0 Å². The van der Waals surface area contributed by atoms with Crippen LogP contribution in [0.25, 0.3) is 10.9 Å². The number of amides is 1. The highest BCUT2D eigenvalue weighted by molar-refractivity contribution is 5.96. The van der Waals surface area contributed by atoms with Crippen LogP contribution in [0.3, 0.4) is 0 Å². The summed E-state index contributed by atoms with van der Waals surface area (Å²) in [5.74, 6) is -0.730. The Bertz CT molecular complexity index is 1700. The average Bonchev–Trinajstić information content (AvgIpc) is 3.33. The number of methoxy groups -OCH3 is 1. The number of nitrogens with zero attached hydrogens (tertiary/aromatic N) is 2. The van der Waals surface area contributed by atoms with Gasteiger partial charge in [-0.3, -0.25) is 9.36 Å². The molecule has 1 aliphatic heterocycles. The number of benzene rings is 3. The van der Waals surface area contributed by atoms with Crippen molar-refractivity contribution < 1.29 is 27.8 Å². The molecule has 1 saturated carbocycles. The highest BCUT2D eigenvalue weighted by Gasteiger charge is 2.48. The molecule has 6 rings (SSSR count). The first-order valence-corrected chi connectivity index (χ1v) is 16.3. The summed E-state index contributed by atoms with van der Waals surface area (Å²) in [7, 11) is 1.35. The van der Waals surface area contributed by atoms with Crippen LogP contribution in [0.5, 0.6) is 0 Å². The minimum atomic E-state index is -0.993. The van der Waals surface area contributed by atoms with Crippen LogP contribution < -0.4 is 0 Å². The second kappa shape index (κ2) is 13.4. The highest BCUT2D eigenvalue weighted by Crippen LogP contribution is 2.41. The number of aromatic nitrogens is 1. The molecular formula is C38H42F2N2O4. The maximum absolute atomic E-state index is 14.7. The van der Waals surface area contributed by atoms with Crippen molar-refractivity contribution in [1.82, 2.24) is 9.47 Å². The quantitative estimate of drug-likeness (QED) is 0.194. The third-order valence-corrected chi connectivity index (χ3v) is 10.3. The van der Waals surface area contributed by atoms with E-state index in [1.165, 1.54) is 36.9 Å². The number of ether oxygens (including phenoxy) is 2. The highest BCUT2D eigenvalue weighted by atomic mass is 19.1. The van der Waals surface area contributed by atoms with Gasteiger partial charge in [-0.2, -0.15) is 0 Å². The van der Waals surface area contributed by atoms with Crippen molar-refractivity contribution >= 4 is 22.9 Å². The molecule has 1 saturated heterocycles. The van der Waals surface area contributed by atoms with Gasteiger partial charge >= 0.3 is 12.0 Å². The summed E-state index contributed by atoms with van der Waals surface area (Å²) in [6.07, 6.45) is 5.75. The fourth-order valence-corrected chi connectivity index (χ4v) is 7.73. The first-order chi connectivity index (χ1) is 22.2. The third kappa shape index (κ3) is 6.19. The lowest BCUT2D eigenvalue weighted by Gasteiger charge is -2.44. The predicted octanol–water partition coefficient (Wildman–Crippen LogP) is 8.11. The minimum Gasteiger partial charge on any atom is -0.468 e. The van der Waals surface area contributed by atoms with E-state index in [0.717, 1.165) is 48.7 Å². The van der Waals surface area contributed by atoms with Crippen molar-refractivity contribution in [3.8, 4) is 0 Å². The molecule has 1 amide bonds. The maximum Gasteiger partial charge on any atom is 0.329 e. The molecule has 2 heterocycles. The van der Waals surface area contributed by atoms with E-state index in [4.69, 9.17) is 9.47 Å². The summed E-state index contributed by atoms with van der Waals surface area (Å²) in [4.78, 5) is 29.2. The molecule has 2 aliphatic rings. The topological polar surface area (TPSA) is 60.8 Å². The Balaban J connectivity index is 1.20. The van der Waals surface area contributed by atoms with Gasteiger partial charge in [0.1, 0.15) is 11.6 Å². The number of carbonyl (C=O) groups is 2. The third-order valence-electron chi connectivity index (χ3n) is 10.3.